The first-order valence-corrected chi connectivity index (χ1v) is 5.42. The molecule has 2 heteroatoms. The van der Waals surface area contributed by atoms with Gasteiger partial charge in [-0.1, -0.05) is 20.3 Å². The van der Waals surface area contributed by atoms with E-state index in [4.69, 9.17) is 0 Å². The lowest BCUT2D eigenvalue weighted by molar-refractivity contribution is -0.121. The lowest BCUT2D eigenvalue weighted by Crippen LogP contribution is -2.34. The number of rotatable bonds is 4. The van der Waals surface area contributed by atoms with Crippen molar-refractivity contribution in [2.24, 2.45) is 5.92 Å². The lowest BCUT2D eigenvalue weighted by Gasteiger charge is -2.25. The molecule has 76 valence electrons. The highest BCUT2D eigenvalue weighted by atomic mass is 16.1. The predicted molar refractivity (Wildman–Crippen MR) is 54.8 cm³/mol. The minimum absolute atomic E-state index is 0.414. The number of nitrogens with zero attached hydrogens (tertiary/aromatic N) is 1. The number of hydrogen-bond acceptors (Lipinski definition) is 2. The molecule has 0 aromatic rings. The Balaban J connectivity index is 2.18. The zero-order valence-corrected chi connectivity index (χ0v) is 8.88. The molecule has 0 spiro atoms. The van der Waals surface area contributed by atoms with Crippen LogP contribution in [0.4, 0.5) is 0 Å². The fourth-order valence-electron chi connectivity index (χ4n) is 1.89. The van der Waals surface area contributed by atoms with E-state index in [0.29, 0.717) is 18.2 Å². The Labute approximate surface area is 81.3 Å². The zero-order chi connectivity index (χ0) is 9.68. The molecule has 13 heavy (non-hydrogen) atoms. The van der Waals surface area contributed by atoms with E-state index in [1.165, 1.54) is 19.3 Å². The van der Waals surface area contributed by atoms with Crippen molar-refractivity contribution in [1.29, 1.82) is 0 Å². The highest BCUT2D eigenvalue weighted by Gasteiger charge is 2.14. The molecule has 0 saturated carbocycles. The van der Waals surface area contributed by atoms with Gasteiger partial charge in [-0.2, -0.15) is 0 Å². The minimum Gasteiger partial charge on any atom is -0.298 e. The van der Waals surface area contributed by atoms with Crippen molar-refractivity contribution in [3.63, 3.8) is 0 Å². The molecule has 0 aromatic heterocycles. The van der Waals surface area contributed by atoms with E-state index in [1.54, 1.807) is 0 Å². The Hall–Kier alpha value is -0.370. The number of likely N-dealkylation sites (tertiary alicyclic amines) is 1. The Morgan fingerprint density at radius 2 is 1.85 bits per heavy atom. The van der Waals surface area contributed by atoms with E-state index >= 15 is 0 Å². The molecule has 0 radical (unpaired) electrons. The summed E-state index contributed by atoms with van der Waals surface area (Å²) < 4.78 is 0. The van der Waals surface area contributed by atoms with Gasteiger partial charge < -0.3 is 0 Å². The maximum absolute atomic E-state index is 11.5. The van der Waals surface area contributed by atoms with Crippen LogP contribution in [0, 0.1) is 5.92 Å². The standard InChI is InChI=1S/C11H21NO/c1-10(2)8-11(13)9-12-6-4-3-5-7-12/h10H,3-9H2,1-2H3. The molecule has 0 atom stereocenters. The third kappa shape index (κ3) is 4.41. The molecule has 0 aliphatic carbocycles. The molecule has 1 fully saturated rings. The second kappa shape index (κ2) is 5.38. The molecular formula is C11H21NO. The second-order valence-corrected chi connectivity index (χ2v) is 4.47. The van der Waals surface area contributed by atoms with Crippen molar-refractivity contribution >= 4 is 5.78 Å². The van der Waals surface area contributed by atoms with Gasteiger partial charge in [0.1, 0.15) is 5.78 Å². The SMILES string of the molecule is CC(C)CC(=O)CN1CCCCC1. The van der Waals surface area contributed by atoms with Gasteiger partial charge in [0.25, 0.3) is 0 Å². The predicted octanol–water partition coefficient (Wildman–Crippen LogP) is 2.09. The maximum atomic E-state index is 11.5. The van der Waals surface area contributed by atoms with Crippen LogP contribution in [0.1, 0.15) is 39.5 Å². The first-order chi connectivity index (χ1) is 6.18. The van der Waals surface area contributed by atoms with E-state index < -0.39 is 0 Å². The first-order valence-electron chi connectivity index (χ1n) is 5.42. The fourth-order valence-corrected chi connectivity index (χ4v) is 1.89. The van der Waals surface area contributed by atoms with E-state index in [1.807, 2.05) is 0 Å². The third-order valence-electron chi connectivity index (χ3n) is 2.48. The van der Waals surface area contributed by atoms with Crippen LogP contribution >= 0.6 is 0 Å². The van der Waals surface area contributed by atoms with E-state index in [2.05, 4.69) is 18.7 Å². The molecule has 0 bridgehead atoms. The molecular weight excluding hydrogens is 162 g/mol. The quantitative estimate of drug-likeness (QED) is 0.665. The van der Waals surface area contributed by atoms with Crippen molar-refractivity contribution < 1.29 is 4.79 Å². The zero-order valence-electron chi connectivity index (χ0n) is 8.88. The summed E-state index contributed by atoms with van der Waals surface area (Å²) in [5, 5.41) is 0. The van der Waals surface area contributed by atoms with Crippen LogP contribution in [0.2, 0.25) is 0 Å². The van der Waals surface area contributed by atoms with Crippen LogP contribution in [0.3, 0.4) is 0 Å². The molecule has 1 heterocycles. The molecule has 1 saturated heterocycles. The highest BCUT2D eigenvalue weighted by molar-refractivity contribution is 5.80. The van der Waals surface area contributed by atoms with Gasteiger partial charge in [0.05, 0.1) is 6.54 Å². The molecule has 0 unspecified atom stereocenters. The molecule has 1 aliphatic rings. The number of carbonyl (C=O) groups is 1. The largest absolute Gasteiger partial charge is 0.298 e. The van der Waals surface area contributed by atoms with Gasteiger partial charge in [-0.05, 0) is 31.8 Å². The van der Waals surface area contributed by atoms with Crippen molar-refractivity contribution in [3.8, 4) is 0 Å². The first kappa shape index (κ1) is 10.7. The summed E-state index contributed by atoms with van der Waals surface area (Å²) in [4.78, 5) is 13.8. The summed E-state index contributed by atoms with van der Waals surface area (Å²) in [5.74, 6) is 0.925. The Bertz CT molecular complexity index is 159. The maximum Gasteiger partial charge on any atom is 0.147 e. The van der Waals surface area contributed by atoms with Crippen LogP contribution in [0.15, 0.2) is 0 Å². The topological polar surface area (TPSA) is 20.3 Å². The average molecular weight is 183 g/mol. The van der Waals surface area contributed by atoms with E-state index in [-0.39, 0.29) is 0 Å². The average Bonchev–Trinajstić information content (AvgIpc) is 2.04. The molecule has 0 aromatic carbocycles. The van der Waals surface area contributed by atoms with Crippen LogP contribution in [0.5, 0.6) is 0 Å². The number of ketones is 1. The van der Waals surface area contributed by atoms with Crippen LogP contribution in [-0.2, 0) is 4.79 Å². The van der Waals surface area contributed by atoms with Crippen LogP contribution in [0.25, 0.3) is 0 Å². The van der Waals surface area contributed by atoms with Gasteiger partial charge in [-0.15, -0.1) is 0 Å². The number of carbonyl (C=O) groups excluding carboxylic acids is 1. The Kier molecular flexibility index (Phi) is 4.43. The lowest BCUT2D eigenvalue weighted by atomic mass is 10.1. The van der Waals surface area contributed by atoms with Crippen molar-refractivity contribution in [2.45, 2.75) is 39.5 Å². The van der Waals surface area contributed by atoms with E-state index in [0.717, 1.165) is 19.5 Å². The highest BCUT2D eigenvalue weighted by Crippen LogP contribution is 2.09. The van der Waals surface area contributed by atoms with Gasteiger partial charge >= 0.3 is 0 Å². The van der Waals surface area contributed by atoms with Gasteiger partial charge in [0.2, 0.25) is 0 Å². The fraction of sp³-hybridized carbons (Fsp3) is 0.909. The Morgan fingerprint density at radius 1 is 1.23 bits per heavy atom. The van der Waals surface area contributed by atoms with Gasteiger partial charge in [-0.3, -0.25) is 9.69 Å². The van der Waals surface area contributed by atoms with Gasteiger partial charge in [-0.25, -0.2) is 0 Å². The smallest absolute Gasteiger partial charge is 0.147 e. The monoisotopic (exact) mass is 183 g/mol. The van der Waals surface area contributed by atoms with Crippen molar-refractivity contribution in [1.82, 2.24) is 4.90 Å². The summed E-state index contributed by atoms with van der Waals surface area (Å²) in [5.41, 5.74) is 0. The molecule has 1 rings (SSSR count). The van der Waals surface area contributed by atoms with Crippen molar-refractivity contribution in [3.05, 3.63) is 0 Å². The summed E-state index contributed by atoms with van der Waals surface area (Å²) >= 11 is 0. The summed E-state index contributed by atoms with van der Waals surface area (Å²) in [6.45, 7) is 7.16. The summed E-state index contributed by atoms with van der Waals surface area (Å²) in [6.07, 6.45) is 4.63. The molecule has 0 N–H and O–H groups in total. The molecule has 2 nitrogen and oxygen atoms in total. The van der Waals surface area contributed by atoms with Crippen molar-refractivity contribution in [2.75, 3.05) is 19.6 Å². The normalized spacial score (nSPS) is 19.3. The summed E-state index contributed by atoms with van der Waals surface area (Å²) in [6, 6.07) is 0. The van der Waals surface area contributed by atoms with Crippen LogP contribution < -0.4 is 0 Å². The number of piperidine rings is 1. The minimum atomic E-state index is 0.414. The molecule has 1 aliphatic heterocycles. The number of Topliss-reactive ketones (excluding diaryl/α,β-unsaturated/α-hetero) is 1. The third-order valence-corrected chi connectivity index (χ3v) is 2.48. The van der Waals surface area contributed by atoms with Gasteiger partial charge in [0, 0.05) is 6.42 Å². The van der Waals surface area contributed by atoms with Gasteiger partial charge in [0.15, 0.2) is 0 Å². The van der Waals surface area contributed by atoms with Crippen LogP contribution in [-0.4, -0.2) is 30.3 Å². The Morgan fingerprint density at radius 3 is 2.38 bits per heavy atom. The number of hydrogen-bond donors (Lipinski definition) is 0. The summed E-state index contributed by atoms with van der Waals surface area (Å²) in [7, 11) is 0. The second-order valence-electron chi connectivity index (χ2n) is 4.47. The molecule has 0 amide bonds. The van der Waals surface area contributed by atoms with E-state index in [9.17, 15) is 4.79 Å².